The summed E-state index contributed by atoms with van der Waals surface area (Å²) in [5, 5.41) is 8.22. The maximum atomic E-state index is 12.7. The largest absolute Gasteiger partial charge is 0.492 e. The fraction of sp³-hybridized carbons (Fsp3) is 0.261. The molecular weight excluding hydrogens is 396 g/mol. The number of hydrogen-bond acceptors (Lipinski definition) is 5. The molecule has 2 aromatic carbocycles. The molecule has 4 rings (SSSR count). The van der Waals surface area contributed by atoms with Crippen LogP contribution < -0.4 is 10.1 Å². The van der Waals surface area contributed by atoms with Crippen LogP contribution in [0.15, 0.2) is 48.5 Å². The van der Waals surface area contributed by atoms with Crippen molar-refractivity contribution in [3.63, 3.8) is 0 Å². The van der Waals surface area contributed by atoms with Gasteiger partial charge >= 0.3 is 0 Å². The van der Waals surface area contributed by atoms with E-state index in [0.29, 0.717) is 24.0 Å². The Kier molecular flexibility index (Phi) is 5.81. The Morgan fingerprint density at radius 1 is 1.13 bits per heavy atom. The van der Waals surface area contributed by atoms with Gasteiger partial charge in [-0.3, -0.25) is 4.79 Å². The fourth-order valence-electron chi connectivity index (χ4n) is 3.27. The predicted molar refractivity (Wildman–Crippen MR) is 121 cm³/mol. The summed E-state index contributed by atoms with van der Waals surface area (Å²) >= 11 is 1.51. The number of amides is 1. The van der Waals surface area contributed by atoms with Gasteiger partial charge in [0.15, 0.2) is 0 Å². The van der Waals surface area contributed by atoms with E-state index in [1.807, 2.05) is 50.2 Å². The van der Waals surface area contributed by atoms with Crippen LogP contribution in [0.25, 0.3) is 15.3 Å². The highest BCUT2D eigenvalue weighted by atomic mass is 32.1. The first-order valence-electron chi connectivity index (χ1n) is 10.0. The number of carbonyl (C=O) groups is 1. The van der Waals surface area contributed by atoms with E-state index in [1.165, 1.54) is 16.9 Å². The van der Waals surface area contributed by atoms with Crippen LogP contribution in [0.4, 0.5) is 5.82 Å². The van der Waals surface area contributed by atoms with Crippen LogP contribution in [0.2, 0.25) is 0 Å². The zero-order valence-electron chi connectivity index (χ0n) is 17.3. The monoisotopic (exact) mass is 420 g/mol. The van der Waals surface area contributed by atoms with Gasteiger partial charge in [-0.15, -0.1) is 0 Å². The van der Waals surface area contributed by atoms with Gasteiger partial charge in [0, 0.05) is 6.07 Å². The van der Waals surface area contributed by atoms with Crippen molar-refractivity contribution in [2.24, 2.45) is 0 Å². The number of nitrogens with zero attached hydrogens (tertiary/aromatic N) is 3. The zero-order chi connectivity index (χ0) is 21.1. The summed E-state index contributed by atoms with van der Waals surface area (Å²) in [6.45, 7) is 6.54. The van der Waals surface area contributed by atoms with Crippen LogP contribution in [0.5, 0.6) is 5.75 Å². The first kappa shape index (κ1) is 20.1. The van der Waals surface area contributed by atoms with Crippen LogP contribution in [0, 0.1) is 6.92 Å². The van der Waals surface area contributed by atoms with E-state index in [-0.39, 0.29) is 5.91 Å². The lowest BCUT2D eigenvalue weighted by molar-refractivity contribution is -0.115. The summed E-state index contributed by atoms with van der Waals surface area (Å²) < 4.78 is 8.40. The van der Waals surface area contributed by atoms with E-state index < -0.39 is 0 Å². The third-order valence-corrected chi connectivity index (χ3v) is 5.74. The van der Waals surface area contributed by atoms with Gasteiger partial charge in [-0.25, -0.2) is 4.98 Å². The lowest BCUT2D eigenvalue weighted by Gasteiger charge is -2.07. The number of rotatable bonds is 7. The molecule has 2 aromatic heterocycles. The maximum absolute atomic E-state index is 12.7. The molecule has 0 fully saturated rings. The van der Waals surface area contributed by atoms with Crippen LogP contribution in [0.3, 0.4) is 0 Å². The van der Waals surface area contributed by atoms with E-state index in [9.17, 15) is 4.79 Å². The third kappa shape index (κ3) is 4.21. The second-order valence-electron chi connectivity index (χ2n) is 7.01. The number of carbonyl (C=O) groups excluding carboxylic acids is 1. The molecule has 0 aliphatic carbocycles. The number of benzene rings is 2. The number of nitrogens with one attached hydrogen (secondary N) is 1. The van der Waals surface area contributed by atoms with Crippen molar-refractivity contribution in [1.29, 1.82) is 0 Å². The molecule has 0 aliphatic rings. The summed E-state index contributed by atoms with van der Waals surface area (Å²) in [5.74, 6) is 1.28. The molecule has 0 aliphatic heterocycles. The van der Waals surface area contributed by atoms with Crippen molar-refractivity contribution >= 4 is 33.3 Å². The molecule has 0 spiro atoms. The summed E-state index contributed by atoms with van der Waals surface area (Å²) in [6, 6.07) is 15.9. The molecule has 0 saturated carbocycles. The lowest BCUT2D eigenvalue weighted by Crippen LogP contribution is -2.17. The highest BCUT2D eigenvalue weighted by Gasteiger charge is 2.16. The quantitative estimate of drug-likeness (QED) is 0.460. The van der Waals surface area contributed by atoms with Crippen LogP contribution >= 0.6 is 11.3 Å². The van der Waals surface area contributed by atoms with Crippen LogP contribution in [0.1, 0.15) is 30.7 Å². The maximum Gasteiger partial charge on any atom is 0.229 e. The Labute approximate surface area is 179 Å². The summed E-state index contributed by atoms with van der Waals surface area (Å²) in [7, 11) is 0. The standard InChI is InChI=1S/C23H24N4O2S/c1-4-16-9-11-17(12-10-16)14-21(28)24-20-13-15(3)26-27(20)23-25-22-18(29-5-2)7-6-8-19(22)30-23/h6-13H,4-5,14H2,1-3H3,(H,24,28). The van der Waals surface area contributed by atoms with Gasteiger partial charge in [-0.2, -0.15) is 9.78 Å². The van der Waals surface area contributed by atoms with E-state index in [2.05, 4.69) is 29.5 Å². The molecule has 6 nitrogen and oxygen atoms in total. The van der Waals surface area contributed by atoms with Crippen molar-refractivity contribution in [3.05, 3.63) is 65.4 Å². The fourth-order valence-corrected chi connectivity index (χ4v) is 4.22. The number of thiazole rings is 1. The van der Waals surface area contributed by atoms with E-state index in [1.54, 1.807) is 4.68 Å². The molecule has 0 radical (unpaired) electrons. The van der Waals surface area contributed by atoms with Gasteiger partial charge in [-0.1, -0.05) is 48.6 Å². The smallest absolute Gasteiger partial charge is 0.229 e. The molecule has 0 atom stereocenters. The highest BCUT2D eigenvalue weighted by molar-refractivity contribution is 7.20. The number of anilines is 1. The second-order valence-corrected chi connectivity index (χ2v) is 8.02. The topological polar surface area (TPSA) is 69.0 Å². The zero-order valence-corrected chi connectivity index (χ0v) is 18.1. The average Bonchev–Trinajstić information content (AvgIpc) is 3.32. The van der Waals surface area contributed by atoms with E-state index >= 15 is 0 Å². The molecule has 154 valence electrons. The Bertz CT molecular complexity index is 1180. The van der Waals surface area contributed by atoms with Gasteiger partial charge in [0.1, 0.15) is 17.1 Å². The molecule has 0 saturated heterocycles. The molecule has 1 N–H and O–H groups in total. The SMILES string of the molecule is CCOc1cccc2sc(-n3nc(C)cc3NC(=O)Cc3ccc(CC)cc3)nc12. The average molecular weight is 421 g/mol. The Balaban J connectivity index is 1.58. The number of aromatic nitrogens is 3. The van der Waals surface area contributed by atoms with Crippen molar-refractivity contribution in [2.45, 2.75) is 33.6 Å². The summed E-state index contributed by atoms with van der Waals surface area (Å²) in [4.78, 5) is 17.4. The Morgan fingerprint density at radius 3 is 2.63 bits per heavy atom. The number of aryl methyl sites for hydroxylation is 2. The van der Waals surface area contributed by atoms with Crippen molar-refractivity contribution in [1.82, 2.24) is 14.8 Å². The summed E-state index contributed by atoms with van der Waals surface area (Å²) in [5.41, 5.74) is 3.85. The highest BCUT2D eigenvalue weighted by Crippen LogP contribution is 2.32. The van der Waals surface area contributed by atoms with Gasteiger partial charge in [0.05, 0.1) is 23.4 Å². The van der Waals surface area contributed by atoms with Crippen molar-refractivity contribution in [3.8, 4) is 10.9 Å². The van der Waals surface area contributed by atoms with Gasteiger partial charge in [0.2, 0.25) is 11.0 Å². The number of hydrogen-bond donors (Lipinski definition) is 1. The molecule has 1 amide bonds. The first-order chi connectivity index (χ1) is 14.6. The molecular formula is C23H24N4O2S. The molecule has 4 aromatic rings. The second kappa shape index (κ2) is 8.67. The number of fused-ring (bicyclic) bond motifs is 1. The lowest BCUT2D eigenvalue weighted by atomic mass is 10.1. The van der Waals surface area contributed by atoms with Crippen LogP contribution in [-0.2, 0) is 17.6 Å². The molecule has 0 unspecified atom stereocenters. The normalized spacial score (nSPS) is 11.0. The molecule has 2 heterocycles. The van der Waals surface area contributed by atoms with E-state index in [0.717, 1.165) is 33.6 Å². The summed E-state index contributed by atoms with van der Waals surface area (Å²) in [6.07, 6.45) is 1.29. The number of ether oxygens (including phenoxy) is 1. The Morgan fingerprint density at radius 2 is 1.90 bits per heavy atom. The van der Waals surface area contributed by atoms with Gasteiger partial charge < -0.3 is 10.1 Å². The van der Waals surface area contributed by atoms with Gasteiger partial charge in [-0.05, 0) is 43.5 Å². The third-order valence-electron chi connectivity index (χ3n) is 4.75. The van der Waals surface area contributed by atoms with Crippen molar-refractivity contribution < 1.29 is 9.53 Å². The van der Waals surface area contributed by atoms with E-state index in [4.69, 9.17) is 9.72 Å². The first-order valence-corrected chi connectivity index (χ1v) is 10.9. The van der Waals surface area contributed by atoms with Crippen LogP contribution in [-0.4, -0.2) is 27.3 Å². The molecule has 7 heteroatoms. The minimum Gasteiger partial charge on any atom is -0.492 e. The Hall–Kier alpha value is -3.19. The van der Waals surface area contributed by atoms with Crippen molar-refractivity contribution in [2.75, 3.05) is 11.9 Å². The predicted octanol–water partition coefficient (Wildman–Crippen LogP) is 4.93. The number of para-hydroxylation sites is 1. The molecule has 30 heavy (non-hydrogen) atoms. The van der Waals surface area contributed by atoms with Gasteiger partial charge in [0.25, 0.3) is 0 Å². The minimum atomic E-state index is -0.0866. The minimum absolute atomic E-state index is 0.0866. The molecule has 0 bridgehead atoms.